The van der Waals surface area contributed by atoms with Gasteiger partial charge in [-0.1, -0.05) is 15.9 Å². The smallest absolute Gasteiger partial charge is 0.218 e. The first kappa shape index (κ1) is 9.55. The van der Waals surface area contributed by atoms with E-state index in [1.54, 1.807) is 19.3 Å². The Morgan fingerprint density at radius 3 is 3.00 bits per heavy atom. The van der Waals surface area contributed by atoms with E-state index in [9.17, 15) is 5.11 Å². The molecule has 0 fully saturated rings. The number of aliphatic hydroxyl groups excluding tert-OH is 1. The summed E-state index contributed by atoms with van der Waals surface area (Å²) in [6, 6.07) is 5.46. The summed E-state index contributed by atoms with van der Waals surface area (Å²) in [5, 5.41) is 9.32. The molecular weight excluding hydrogens is 248 g/mol. The SMILES string of the molecule is COc1ccc2c(c1)OC(O)C=C2Br. The Morgan fingerprint density at radius 1 is 1.50 bits per heavy atom. The van der Waals surface area contributed by atoms with Gasteiger partial charge in [-0.3, -0.25) is 0 Å². The lowest BCUT2D eigenvalue weighted by Gasteiger charge is -2.19. The van der Waals surface area contributed by atoms with Gasteiger partial charge in [0.15, 0.2) is 0 Å². The van der Waals surface area contributed by atoms with Crippen molar-refractivity contribution in [1.82, 2.24) is 0 Å². The van der Waals surface area contributed by atoms with Crippen LogP contribution >= 0.6 is 15.9 Å². The fourth-order valence-electron chi connectivity index (χ4n) is 1.30. The molecule has 1 N–H and O–H groups in total. The van der Waals surface area contributed by atoms with Gasteiger partial charge < -0.3 is 14.6 Å². The molecule has 0 bridgehead atoms. The van der Waals surface area contributed by atoms with E-state index in [1.807, 2.05) is 12.1 Å². The van der Waals surface area contributed by atoms with Crippen LogP contribution in [0.15, 0.2) is 24.3 Å². The highest BCUT2D eigenvalue weighted by atomic mass is 79.9. The number of rotatable bonds is 1. The van der Waals surface area contributed by atoms with E-state index in [0.29, 0.717) is 11.5 Å². The topological polar surface area (TPSA) is 38.7 Å². The minimum Gasteiger partial charge on any atom is -0.497 e. The summed E-state index contributed by atoms with van der Waals surface area (Å²) in [4.78, 5) is 0. The Kier molecular flexibility index (Phi) is 2.48. The Bertz CT molecular complexity index is 387. The largest absolute Gasteiger partial charge is 0.497 e. The highest BCUT2D eigenvalue weighted by Gasteiger charge is 2.17. The number of aliphatic hydroxyl groups is 1. The molecule has 74 valence electrons. The van der Waals surface area contributed by atoms with E-state index in [2.05, 4.69) is 15.9 Å². The number of hydrogen-bond acceptors (Lipinski definition) is 3. The van der Waals surface area contributed by atoms with Crippen LogP contribution in [0.3, 0.4) is 0 Å². The quantitative estimate of drug-likeness (QED) is 0.837. The van der Waals surface area contributed by atoms with Crippen LogP contribution in [0, 0.1) is 0 Å². The summed E-state index contributed by atoms with van der Waals surface area (Å²) in [5.41, 5.74) is 0.913. The van der Waals surface area contributed by atoms with Crippen molar-refractivity contribution in [3.8, 4) is 11.5 Å². The number of halogens is 1. The maximum Gasteiger partial charge on any atom is 0.218 e. The van der Waals surface area contributed by atoms with Crippen molar-refractivity contribution >= 4 is 20.4 Å². The first-order valence-corrected chi connectivity index (χ1v) is 4.90. The van der Waals surface area contributed by atoms with Gasteiger partial charge >= 0.3 is 0 Å². The molecular formula is C10H9BrO3. The Labute approximate surface area is 90.1 Å². The molecule has 0 radical (unpaired) electrons. The van der Waals surface area contributed by atoms with Gasteiger partial charge in [0.2, 0.25) is 6.29 Å². The minimum atomic E-state index is -0.899. The fourth-order valence-corrected chi connectivity index (χ4v) is 1.86. The van der Waals surface area contributed by atoms with Crippen LogP contribution in [-0.2, 0) is 0 Å². The number of hydrogen-bond donors (Lipinski definition) is 1. The molecule has 0 saturated carbocycles. The van der Waals surface area contributed by atoms with Crippen LogP contribution in [0.5, 0.6) is 11.5 Å². The molecule has 0 spiro atoms. The third-order valence-corrected chi connectivity index (χ3v) is 2.67. The average molecular weight is 257 g/mol. The van der Waals surface area contributed by atoms with E-state index >= 15 is 0 Å². The molecule has 1 aliphatic rings. The minimum absolute atomic E-state index is 0.617. The second kappa shape index (κ2) is 3.63. The van der Waals surface area contributed by atoms with Crippen LogP contribution in [0.4, 0.5) is 0 Å². The van der Waals surface area contributed by atoms with Gasteiger partial charge in [-0.05, 0) is 18.2 Å². The first-order chi connectivity index (χ1) is 6.70. The van der Waals surface area contributed by atoms with Crippen LogP contribution in [-0.4, -0.2) is 18.5 Å². The molecule has 14 heavy (non-hydrogen) atoms. The molecule has 0 saturated heterocycles. The van der Waals surface area contributed by atoms with Crippen LogP contribution < -0.4 is 9.47 Å². The average Bonchev–Trinajstić information content (AvgIpc) is 2.16. The molecule has 1 atom stereocenters. The van der Waals surface area contributed by atoms with E-state index in [-0.39, 0.29) is 0 Å². The van der Waals surface area contributed by atoms with E-state index in [4.69, 9.17) is 9.47 Å². The first-order valence-electron chi connectivity index (χ1n) is 4.11. The lowest BCUT2D eigenvalue weighted by atomic mass is 10.1. The Morgan fingerprint density at radius 2 is 2.29 bits per heavy atom. The molecule has 4 heteroatoms. The van der Waals surface area contributed by atoms with Gasteiger partial charge in [0.25, 0.3) is 0 Å². The third kappa shape index (κ3) is 1.63. The van der Waals surface area contributed by atoms with Gasteiger partial charge in [-0.15, -0.1) is 0 Å². The van der Waals surface area contributed by atoms with Crippen LogP contribution in [0.1, 0.15) is 5.56 Å². The van der Waals surface area contributed by atoms with Crippen molar-refractivity contribution < 1.29 is 14.6 Å². The molecule has 3 nitrogen and oxygen atoms in total. The standard InChI is InChI=1S/C10H9BrO3/c1-13-6-2-3-7-8(11)5-10(12)14-9(7)4-6/h2-5,10,12H,1H3. The van der Waals surface area contributed by atoms with Crippen molar-refractivity contribution in [3.05, 3.63) is 29.8 Å². The van der Waals surface area contributed by atoms with Crippen molar-refractivity contribution in [1.29, 1.82) is 0 Å². The van der Waals surface area contributed by atoms with Crippen LogP contribution in [0.2, 0.25) is 0 Å². The summed E-state index contributed by atoms with van der Waals surface area (Å²) in [7, 11) is 1.59. The van der Waals surface area contributed by atoms with Gasteiger partial charge in [0.05, 0.1) is 7.11 Å². The molecule has 0 aromatic heterocycles. The van der Waals surface area contributed by atoms with Crippen LogP contribution in [0.25, 0.3) is 4.48 Å². The molecule has 1 aromatic rings. The lowest BCUT2D eigenvalue weighted by Crippen LogP contribution is -2.16. The zero-order valence-electron chi connectivity index (χ0n) is 7.53. The van der Waals surface area contributed by atoms with Gasteiger partial charge in [-0.2, -0.15) is 0 Å². The molecule has 0 aliphatic carbocycles. The number of methoxy groups -OCH3 is 1. The summed E-state index contributed by atoms with van der Waals surface area (Å²) in [5.74, 6) is 1.32. The number of benzene rings is 1. The lowest BCUT2D eigenvalue weighted by molar-refractivity contribution is 0.0228. The molecule has 0 amide bonds. The van der Waals surface area contributed by atoms with Crippen molar-refractivity contribution in [2.45, 2.75) is 6.29 Å². The second-order valence-corrected chi connectivity index (χ2v) is 3.74. The highest BCUT2D eigenvalue weighted by Crippen LogP contribution is 2.37. The zero-order valence-corrected chi connectivity index (χ0v) is 9.11. The summed E-state index contributed by atoms with van der Waals surface area (Å²) in [6.45, 7) is 0. The molecule has 1 unspecified atom stereocenters. The van der Waals surface area contributed by atoms with Crippen molar-refractivity contribution in [2.75, 3.05) is 7.11 Å². The number of ether oxygens (including phenoxy) is 2. The van der Waals surface area contributed by atoms with E-state index < -0.39 is 6.29 Å². The van der Waals surface area contributed by atoms with E-state index in [0.717, 1.165) is 10.0 Å². The third-order valence-electron chi connectivity index (χ3n) is 1.98. The monoisotopic (exact) mass is 256 g/mol. The van der Waals surface area contributed by atoms with Crippen molar-refractivity contribution in [2.24, 2.45) is 0 Å². The Hall–Kier alpha value is -1.00. The maximum atomic E-state index is 9.32. The zero-order chi connectivity index (χ0) is 10.1. The highest BCUT2D eigenvalue weighted by molar-refractivity contribution is 9.15. The maximum absolute atomic E-state index is 9.32. The van der Waals surface area contributed by atoms with Gasteiger partial charge in [-0.25, -0.2) is 0 Å². The van der Waals surface area contributed by atoms with Gasteiger partial charge in [0, 0.05) is 16.1 Å². The van der Waals surface area contributed by atoms with Gasteiger partial charge in [0.1, 0.15) is 11.5 Å². The summed E-state index contributed by atoms with van der Waals surface area (Å²) in [6.07, 6.45) is 0.693. The number of fused-ring (bicyclic) bond motifs is 1. The molecule has 1 aromatic carbocycles. The molecule has 1 heterocycles. The normalized spacial score (nSPS) is 19.4. The Balaban J connectivity index is 2.47. The predicted molar refractivity (Wildman–Crippen MR) is 56.5 cm³/mol. The molecule has 2 rings (SSSR count). The summed E-state index contributed by atoms with van der Waals surface area (Å²) >= 11 is 3.35. The second-order valence-electron chi connectivity index (χ2n) is 2.89. The molecule has 1 aliphatic heterocycles. The fraction of sp³-hybridized carbons (Fsp3) is 0.200. The van der Waals surface area contributed by atoms with E-state index in [1.165, 1.54) is 0 Å². The summed E-state index contributed by atoms with van der Waals surface area (Å²) < 4.78 is 11.1. The van der Waals surface area contributed by atoms with Crippen molar-refractivity contribution in [3.63, 3.8) is 0 Å². The predicted octanol–water partition coefficient (Wildman–Crippen LogP) is 2.14.